The molecule has 92 valence electrons. The van der Waals surface area contributed by atoms with E-state index in [1.54, 1.807) is 0 Å². The van der Waals surface area contributed by atoms with E-state index in [2.05, 4.69) is 11.3 Å². The lowest BCUT2D eigenvalue weighted by molar-refractivity contribution is -0.160. The van der Waals surface area contributed by atoms with Gasteiger partial charge in [-0.1, -0.05) is 29.8 Å². The number of esters is 1. The van der Waals surface area contributed by atoms with E-state index in [0.29, 0.717) is 0 Å². The molecule has 1 rings (SSSR count). The van der Waals surface area contributed by atoms with Crippen molar-refractivity contribution in [3.8, 4) is 0 Å². The number of carbonyl (C=O) groups is 1. The average molecular weight is 279 g/mol. The van der Waals surface area contributed by atoms with Crippen LogP contribution < -0.4 is 0 Å². The molecular formula is C11H9Cl2FO3. The third-order valence-corrected chi connectivity index (χ3v) is 2.59. The summed E-state index contributed by atoms with van der Waals surface area (Å²) in [6.07, 6.45) is 0. The smallest absolute Gasteiger partial charge is 0.349 e. The van der Waals surface area contributed by atoms with Crippen molar-refractivity contribution in [2.24, 2.45) is 0 Å². The third kappa shape index (κ3) is 2.60. The molecule has 0 heterocycles. The van der Waals surface area contributed by atoms with E-state index in [9.17, 15) is 14.3 Å². The van der Waals surface area contributed by atoms with Crippen molar-refractivity contribution in [2.75, 3.05) is 7.11 Å². The summed E-state index contributed by atoms with van der Waals surface area (Å²) in [5.74, 6) is -2.48. The summed E-state index contributed by atoms with van der Waals surface area (Å²) in [6.45, 7) is 2.93. The molecule has 3 nitrogen and oxygen atoms in total. The number of hydrogen-bond donors (Lipinski definition) is 1. The molecule has 6 heteroatoms. The van der Waals surface area contributed by atoms with Crippen molar-refractivity contribution < 1.29 is 19.0 Å². The quantitative estimate of drug-likeness (QED) is 0.865. The molecule has 0 aliphatic carbocycles. The van der Waals surface area contributed by atoms with E-state index in [1.807, 2.05) is 0 Å². The van der Waals surface area contributed by atoms with E-state index in [0.717, 1.165) is 7.11 Å². The summed E-state index contributed by atoms with van der Waals surface area (Å²) >= 11 is 11.4. The summed E-state index contributed by atoms with van der Waals surface area (Å²) in [4.78, 5) is 11.4. The summed E-state index contributed by atoms with van der Waals surface area (Å²) in [7, 11) is 1.02. The van der Waals surface area contributed by atoms with Crippen LogP contribution in [0.4, 0.5) is 4.39 Å². The Morgan fingerprint density at radius 2 is 1.88 bits per heavy atom. The van der Waals surface area contributed by atoms with Crippen LogP contribution >= 0.6 is 23.2 Å². The van der Waals surface area contributed by atoms with Gasteiger partial charge in [0, 0.05) is 15.6 Å². The molecule has 0 saturated heterocycles. The van der Waals surface area contributed by atoms with Gasteiger partial charge in [-0.3, -0.25) is 0 Å². The number of halogens is 3. The van der Waals surface area contributed by atoms with Gasteiger partial charge >= 0.3 is 5.97 Å². The van der Waals surface area contributed by atoms with Crippen LogP contribution in [0, 0.1) is 0 Å². The van der Waals surface area contributed by atoms with Crippen molar-refractivity contribution in [3.63, 3.8) is 0 Å². The standard InChI is InChI=1S/C11H9Cl2FO3/c1-6(14)11(16,10(15)17-2)7-3-8(12)5-9(13)4-7/h3-5,16H,1H2,2H3. The van der Waals surface area contributed by atoms with Gasteiger partial charge in [0.1, 0.15) is 5.83 Å². The highest BCUT2D eigenvalue weighted by Crippen LogP contribution is 2.34. The molecule has 0 aromatic heterocycles. The first-order valence-electron chi connectivity index (χ1n) is 4.44. The fraction of sp³-hybridized carbons (Fsp3) is 0.182. The minimum absolute atomic E-state index is 0.144. The highest BCUT2D eigenvalue weighted by atomic mass is 35.5. The number of benzene rings is 1. The number of ether oxygens (including phenoxy) is 1. The Morgan fingerprint density at radius 1 is 1.41 bits per heavy atom. The highest BCUT2D eigenvalue weighted by molar-refractivity contribution is 6.34. The average Bonchev–Trinajstić information content (AvgIpc) is 2.25. The molecule has 17 heavy (non-hydrogen) atoms. The SMILES string of the molecule is C=C(F)C(O)(C(=O)OC)c1cc(Cl)cc(Cl)c1. The normalized spacial score (nSPS) is 13.9. The van der Waals surface area contributed by atoms with Crippen LogP contribution in [0.15, 0.2) is 30.6 Å². The topological polar surface area (TPSA) is 46.5 Å². The van der Waals surface area contributed by atoms with E-state index in [4.69, 9.17) is 23.2 Å². The second-order valence-corrected chi connectivity index (χ2v) is 4.14. The Labute approximate surface area is 107 Å². The van der Waals surface area contributed by atoms with Crippen molar-refractivity contribution in [3.05, 3.63) is 46.2 Å². The minimum Gasteiger partial charge on any atom is -0.466 e. The number of carbonyl (C=O) groups excluding carboxylic acids is 1. The van der Waals surface area contributed by atoms with E-state index in [1.165, 1.54) is 18.2 Å². The van der Waals surface area contributed by atoms with Crippen LogP contribution in [-0.2, 0) is 15.1 Å². The maximum absolute atomic E-state index is 13.3. The molecule has 0 fully saturated rings. The van der Waals surface area contributed by atoms with Crippen molar-refractivity contribution in [1.29, 1.82) is 0 Å². The predicted octanol–water partition coefficient (Wildman–Crippen LogP) is 2.84. The Balaban J connectivity index is 3.42. The van der Waals surface area contributed by atoms with Crippen molar-refractivity contribution >= 4 is 29.2 Å². The van der Waals surface area contributed by atoms with Crippen LogP contribution in [-0.4, -0.2) is 18.2 Å². The zero-order valence-electron chi connectivity index (χ0n) is 8.84. The molecule has 1 aromatic carbocycles. The van der Waals surface area contributed by atoms with Gasteiger partial charge in [-0.2, -0.15) is 0 Å². The number of hydrogen-bond acceptors (Lipinski definition) is 3. The van der Waals surface area contributed by atoms with Crippen LogP contribution in [0.1, 0.15) is 5.56 Å². The van der Waals surface area contributed by atoms with Crippen LogP contribution in [0.3, 0.4) is 0 Å². The molecule has 0 spiro atoms. The summed E-state index contributed by atoms with van der Waals surface area (Å²) < 4.78 is 17.6. The Kier molecular flexibility index (Phi) is 4.14. The monoisotopic (exact) mass is 278 g/mol. The van der Waals surface area contributed by atoms with Gasteiger partial charge in [0.2, 0.25) is 5.60 Å². The molecule has 1 aromatic rings. The van der Waals surface area contributed by atoms with Crippen LogP contribution in [0.25, 0.3) is 0 Å². The van der Waals surface area contributed by atoms with Crippen molar-refractivity contribution in [2.45, 2.75) is 5.60 Å². The minimum atomic E-state index is -2.61. The molecule has 0 aliphatic rings. The number of aliphatic hydroxyl groups is 1. The Morgan fingerprint density at radius 3 is 2.24 bits per heavy atom. The first-order chi connectivity index (χ1) is 7.82. The van der Waals surface area contributed by atoms with Gasteiger partial charge in [-0.25, -0.2) is 9.18 Å². The van der Waals surface area contributed by atoms with Crippen molar-refractivity contribution in [1.82, 2.24) is 0 Å². The highest BCUT2D eigenvalue weighted by Gasteiger charge is 2.43. The van der Waals surface area contributed by atoms with Gasteiger partial charge in [0.25, 0.3) is 0 Å². The number of rotatable bonds is 3. The lowest BCUT2D eigenvalue weighted by Crippen LogP contribution is -2.37. The largest absolute Gasteiger partial charge is 0.466 e. The van der Waals surface area contributed by atoms with Crippen LogP contribution in [0.2, 0.25) is 10.0 Å². The second kappa shape index (κ2) is 5.04. The Hall–Kier alpha value is -1.10. The summed E-state index contributed by atoms with van der Waals surface area (Å²) in [6, 6.07) is 3.79. The molecule has 1 unspecified atom stereocenters. The molecule has 1 atom stereocenters. The van der Waals surface area contributed by atoms with E-state index >= 15 is 0 Å². The summed E-state index contributed by atoms with van der Waals surface area (Å²) in [5.41, 5.74) is -2.75. The zero-order chi connectivity index (χ0) is 13.2. The fourth-order valence-electron chi connectivity index (χ4n) is 1.30. The molecule has 0 amide bonds. The zero-order valence-corrected chi connectivity index (χ0v) is 10.3. The van der Waals surface area contributed by atoms with Gasteiger partial charge in [0.05, 0.1) is 7.11 Å². The Bertz CT molecular complexity index is 456. The lowest BCUT2D eigenvalue weighted by atomic mass is 9.93. The predicted molar refractivity (Wildman–Crippen MR) is 62.6 cm³/mol. The number of methoxy groups -OCH3 is 1. The molecule has 0 bridgehead atoms. The fourth-order valence-corrected chi connectivity index (χ4v) is 1.82. The molecular weight excluding hydrogens is 270 g/mol. The molecule has 0 radical (unpaired) electrons. The van der Waals surface area contributed by atoms with E-state index < -0.39 is 17.4 Å². The van der Waals surface area contributed by atoms with Gasteiger partial charge in [-0.05, 0) is 18.2 Å². The maximum atomic E-state index is 13.3. The lowest BCUT2D eigenvalue weighted by Gasteiger charge is -2.23. The maximum Gasteiger partial charge on any atom is 0.349 e. The first-order valence-corrected chi connectivity index (χ1v) is 5.20. The summed E-state index contributed by atoms with van der Waals surface area (Å²) in [5, 5.41) is 10.3. The third-order valence-electron chi connectivity index (χ3n) is 2.15. The van der Waals surface area contributed by atoms with Gasteiger partial charge in [-0.15, -0.1) is 0 Å². The van der Waals surface area contributed by atoms with E-state index in [-0.39, 0.29) is 15.6 Å². The second-order valence-electron chi connectivity index (χ2n) is 3.27. The molecule has 0 saturated carbocycles. The van der Waals surface area contributed by atoms with Gasteiger partial charge in [0.15, 0.2) is 0 Å². The first kappa shape index (κ1) is 14.0. The molecule has 0 aliphatic heterocycles. The molecule has 1 N–H and O–H groups in total. The van der Waals surface area contributed by atoms with Gasteiger partial charge < -0.3 is 9.84 Å². The van der Waals surface area contributed by atoms with Crippen LogP contribution in [0.5, 0.6) is 0 Å².